The van der Waals surface area contributed by atoms with Crippen LogP contribution in [0.3, 0.4) is 0 Å². The fourth-order valence-corrected chi connectivity index (χ4v) is 3.90. The van der Waals surface area contributed by atoms with E-state index in [1.165, 1.54) is 11.2 Å². The van der Waals surface area contributed by atoms with Crippen LogP contribution in [0.4, 0.5) is 5.82 Å². The van der Waals surface area contributed by atoms with Crippen LogP contribution in [0.2, 0.25) is 0 Å². The number of piperidine rings is 1. The Hall–Kier alpha value is -2.48. The molecule has 25 heavy (non-hydrogen) atoms. The lowest BCUT2D eigenvalue weighted by molar-refractivity contribution is -0.125. The molecule has 0 saturated carbocycles. The number of carbonyl (C=O) groups is 1. The smallest absolute Gasteiger partial charge is 0.263 e. The van der Waals surface area contributed by atoms with Crippen molar-refractivity contribution in [3.8, 4) is 0 Å². The molecule has 1 atom stereocenters. The predicted octanol–water partition coefficient (Wildman–Crippen LogP) is 2.52. The third-order valence-corrected chi connectivity index (χ3v) is 5.41. The van der Waals surface area contributed by atoms with E-state index < -0.39 is 0 Å². The van der Waals surface area contributed by atoms with Crippen LogP contribution in [0.15, 0.2) is 28.4 Å². The van der Waals surface area contributed by atoms with E-state index >= 15 is 0 Å². The van der Waals surface area contributed by atoms with E-state index in [0.717, 1.165) is 36.3 Å². The van der Waals surface area contributed by atoms with Gasteiger partial charge in [-0.05, 0) is 31.2 Å². The average molecular weight is 357 g/mol. The van der Waals surface area contributed by atoms with Crippen molar-refractivity contribution in [2.75, 3.05) is 18.0 Å². The van der Waals surface area contributed by atoms with E-state index in [1.807, 2.05) is 24.4 Å². The highest BCUT2D eigenvalue weighted by Gasteiger charge is 2.28. The average Bonchev–Trinajstić information content (AvgIpc) is 3.30. The summed E-state index contributed by atoms with van der Waals surface area (Å²) in [7, 11) is 0. The predicted molar refractivity (Wildman–Crippen MR) is 95.4 cm³/mol. The molecule has 1 saturated heterocycles. The zero-order valence-corrected chi connectivity index (χ0v) is 14.8. The summed E-state index contributed by atoms with van der Waals surface area (Å²) >= 11 is 1.65. The molecule has 1 amide bonds. The number of hydrogen-bond donors (Lipinski definition) is 1. The first-order valence-electron chi connectivity index (χ1n) is 8.34. The lowest BCUT2D eigenvalue weighted by Gasteiger charge is -2.33. The maximum absolute atomic E-state index is 12.6. The van der Waals surface area contributed by atoms with Gasteiger partial charge in [0.1, 0.15) is 17.5 Å². The van der Waals surface area contributed by atoms with E-state index in [-0.39, 0.29) is 11.8 Å². The lowest BCUT2D eigenvalue weighted by atomic mass is 9.97. The molecule has 1 fully saturated rings. The number of thiophene rings is 1. The normalized spacial score (nSPS) is 17.8. The molecule has 1 N–H and O–H groups in total. The number of fused-ring (bicyclic) bond motifs is 1. The summed E-state index contributed by atoms with van der Waals surface area (Å²) in [6, 6.07) is 4.03. The number of rotatable bonds is 4. The fraction of sp³-hybridized carbons (Fsp3) is 0.412. The van der Waals surface area contributed by atoms with Crippen LogP contribution in [-0.2, 0) is 11.3 Å². The van der Waals surface area contributed by atoms with Gasteiger partial charge in [0, 0.05) is 18.0 Å². The Kier molecular flexibility index (Phi) is 4.35. The van der Waals surface area contributed by atoms with Gasteiger partial charge in [0.25, 0.3) is 5.71 Å². The third kappa shape index (κ3) is 3.21. The summed E-state index contributed by atoms with van der Waals surface area (Å²) < 4.78 is 5.23. The molecule has 1 aliphatic heterocycles. The molecular weight excluding hydrogens is 338 g/mol. The maximum atomic E-state index is 12.6. The summed E-state index contributed by atoms with van der Waals surface area (Å²) in [5.74, 6) is 0.865. The molecule has 0 bridgehead atoms. The zero-order valence-electron chi connectivity index (χ0n) is 13.9. The van der Waals surface area contributed by atoms with E-state index in [9.17, 15) is 4.79 Å². The van der Waals surface area contributed by atoms with Gasteiger partial charge < -0.3 is 14.7 Å². The van der Waals surface area contributed by atoms with Crippen molar-refractivity contribution in [2.24, 2.45) is 5.92 Å². The van der Waals surface area contributed by atoms with Gasteiger partial charge >= 0.3 is 0 Å². The second-order valence-corrected chi connectivity index (χ2v) is 7.26. The van der Waals surface area contributed by atoms with Crippen molar-refractivity contribution in [1.82, 2.24) is 20.4 Å². The highest BCUT2D eigenvalue weighted by Crippen LogP contribution is 2.29. The first-order valence-corrected chi connectivity index (χ1v) is 9.22. The first-order chi connectivity index (χ1) is 12.2. The molecule has 0 aromatic carbocycles. The van der Waals surface area contributed by atoms with Crippen molar-refractivity contribution in [1.29, 1.82) is 0 Å². The van der Waals surface area contributed by atoms with Gasteiger partial charge in [0.05, 0.1) is 18.2 Å². The van der Waals surface area contributed by atoms with Crippen LogP contribution in [0.25, 0.3) is 11.1 Å². The lowest BCUT2D eigenvalue weighted by Crippen LogP contribution is -2.43. The van der Waals surface area contributed by atoms with E-state index in [1.54, 1.807) is 11.3 Å². The van der Waals surface area contributed by atoms with Gasteiger partial charge in [-0.25, -0.2) is 4.98 Å². The number of nitrogens with zero attached hydrogens (tertiary/aromatic N) is 4. The molecular formula is C17H19N5O2S. The SMILES string of the molecule is Cc1noc2ncnc(N3CCC[C@H](C(=O)NCc4cccs4)C3)c12. The van der Waals surface area contributed by atoms with Crippen LogP contribution < -0.4 is 10.2 Å². The van der Waals surface area contributed by atoms with Crippen LogP contribution in [0.1, 0.15) is 23.4 Å². The molecule has 0 spiro atoms. The Balaban J connectivity index is 1.48. The first kappa shape index (κ1) is 16.0. The number of hydrogen-bond acceptors (Lipinski definition) is 7. The fourth-order valence-electron chi connectivity index (χ4n) is 3.26. The topological polar surface area (TPSA) is 84.2 Å². The third-order valence-electron chi connectivity index (χ3n) is 4.53. The molecule has 7 nitrogen and oxygen atoms in total. The van der Waals surface area contributed by atoms with Gasteiger partial charge in [0.15, 0.2) is 0 Å². The molecule has 0 unspecified atom stereocenters. The quantitative estimate of drug-likeness (QED) is 0.772. The maximum Gasteiger partial charge on any atom is 0.263 e. The summed E-state index contributed by atoms with van der Waals surface area (Å²) in [6.45, 7) is 3.99. The largest absolute Gasteiger partial charge is 0.355 e. The molecule has 130 valence electrons. The summed E-state index contributed by atoms with van der Waals surface area (Å²) in [5, 5.41) is 9.89. The molecule has 4 rings (SSSR count). The zero-order chi connectivity index (χ0) is 17.2. The van der Waals surface area contributed by atoms with Crippen molar-refractivity contribution in [2.45, 2.75) is 26.3 Å². The number of aromatic nitrogens is 3. The Labute approximate surface area is 149 Å². The van der Waals surface area contributed by atoms with Gasteiger partial charge in [-0.1, -0.05) is 11.2 Å². The minimum absolute atomic E-state index is 0.0427. The molecule has 1 aliphatic rings. The highest BCUT2D eigenvalue weighted by atomic mass is 32.1. The van der Waals surface area contributed by atoms with Crippen molar-refractivity contribution >= 4 is 34.2 Å². The number of carbonyl (C=O) groups excluding carboxylic acids is 1. The van der Waals surface area contributed by atoms with Gasteiger partial charge in [-0.15, -0.1) is 11.3 Å². The molecule has 3 aromatic rings. The Morgan fingerprint density at radius 3 is 3.24 bits per heavy atom. The Morgan fingerprint density at radius 2 is 2.40 bits per heavy atom. The number of amides is 1. The van der Waals surface area contributed by atoms with E-state index in [4.69, 9.17) is 4.52 Å². The summed E-state index contributed by atoms with van der Waals surface area (Å²) in [5.41, 5.74) is 1.27. The molecule has 0 radical (unpaired) electrons. The minimum atomic E-state index is -0.0427. The second kappa shape index (κ2) is 6.79. The number of anilines is 1. The molecule has 8 heteroatoms. The van der Waals surface area contributed by atoms with Crippen LogP contribution in [-0.4, -0.2) is 34.1 Å². The molecule has 3 aromatic heterocycles. The number of nitrogens with one attached hydrogen (secondary N) is 1. The van der Waals surface area contributed by atoms with Crippen LogP contribution >= 0.6 is 11.3 Å². The Morgan fingerprint density at radius 1 is 1.48 bits per heavy atom. The number of aryl methyl sites for hydroxylation is 1. The monoisotopic (exact) mass is 357 g/mol. The van der Waals surface area contributed by atoms with E-state index in [0.29, 0.717) is 18.8 Å². The standard InChI is InChI=1S/C17H19N5O2S/c1-11-14-15(19-10-20-17(14)24-21-11)22-6-2-4-12(9-22)16(23)18-8-13-5-3-7-25-13/h3,5,7,10,12H,2,4,6,8-9H2,1H3,(H,18,23)/t12-/m0/s1. The molecule has 4 heterocycles. The van der Waals surface area contributed by atoms with Gasteiger partial charge in [-0.3, -0.25) is 4.79 Å². The van der Waals surface area contributed by atoms with Crippen molar-refractivity contribution in [3.05, 3.63) is 34.4 Å². The minimum Gasteiger partial charge on any atom is -0.355 e. The van der Waals surface area contributed by atoms with Crippen molar-refractivity contribution < 1.29 is 9.32 Å². The van der Waals surface area contributed by atoms with E-state index in [2.05, 4.69) is 25.3 Å². The summed E-state index contributed by atoms with van der Waals surface area (Å²) in [4.78, 5) is 24.4. The van der Waals surface area contributed by atoms with Gasteiger partial charge in [0.2, 0.25) is 5.91 Å². The van der Waals surface area contributed by atoms with Crippen LogP contribution in [0.5, 0.6) is 0 Å². The van der Waals surface area contributed by atoms with Crippen molar-refractivity contribution in [3.63, 3.8) is 0 Å². The van der Waals surface area contributed by atoms with Crippen LogP contribution in [0, 0.1) is 12.8 Å². The van der Waals surface area contributed by atoms with Gasteiger partial charge in [-0.2, -0.15) is 4.98 Å². The Bertz CT molecular complexity index is 876. The molecule has 0 aliphatic carbocycles. The summed E-state index contributed by atoms with van der Waals surface area (Å²) in [6.07, 6.45) is 3.33. The second-order valence-electron chi connectivity index (χ2n) is 6.23. The highest BCUT2D eigenvalue weighted by molar-refractivity contribution is 7.09.